The summed E-state index contributed by atoms with van der Waals surface area (Å²) in [5.41, 5.74) is 1.21. The van der Waals surface area contributed by atoms with Gasteiger partial charge in [0.05, 0.1) is 0 Å². The molecule has 0 atom stereocenters. The van der Waals surface area contributed by atoms with Gasteiger partial charge in [-0.05, 0) is 31.9 Å². The molecule has 0 unspecified atom stereocenters. The second-order valence-electron chi connectivity index (χ2n) is 2.75. The van der Waals surface area contributed by atoms with Gasteiger partial charge in [-0.2, -0.15) is 0 Å². The Labute approximate surface area is 61.0 Å². The third-order valence-corrected chi connectivity index (χ3v) is 1.53. The van der Waals surface area contributed by atoms with E-state index in [1.54, 1.807) is 19.1 Å². The van der Waals surface area contributed by atoms with Crippen LogP contribution in [0.5, 0.6) is 0 Å². The fourth-order valence-corrected chi connectivity index (χ4v) is 0.745. The molecule has 10 heavy (non-hydrogen) atoms. The molecule has 1 saturated carbocycles. The maximum absolute atomic E-state index is 7.42. The van der Waals surface area contributed by atoms with Crippen LogP contribution in [0.1, 0.15) is 19.8 Å². The minimum Gasteiger partial charge on any atom is -0.306 e. The molecular weight excluding hydrogens is 124 g/mol. The van der Waals surface area contributed by atoms with Crippen molar-refractivity contribution >= 4 is 11.4 Å². The normalized spacial score (nSPS) is 17.7. The Morgan fingerprint density at radius 3 is 2.30 bits per heavy atom. The third-order valence-electron chi connectivity index (χ3n) is 1.53. The van der Waals surface area contributed by atoms with Crippen molar-refractivity contribution in [3.63, 3.8) is 0 Å². The van der Waals surface area contributed by atoms with Crippen LogP contribution < -0.4 is 0 Å². The molecule has 0 aromatic carbocycles. The van der Waals surface area contributed by atoms with Crippen LogP contribution in [0.15, 0.2) is 12.2 Å². The molecule has 0 heterocycles. The van der Waals surface area contributed by atoms with Crippen LogP contribution in [0, 0.1) is 16.7 Å². The summed E-state index contributed by atoms with van der Waals surface area (Å²) in [6.45, 7) is 1.72. The molecule has 0 aliphatic heterocycles. The van der Waals surface area contributed by atoms with E-state index in [0.29, 0.717) is 17.3 Å². The predicted octanol–water partition coefficient (Wildman–Crippen LogP) is 2.01. The highest BCUT2D eigenvalue weighted by molar-refractivity contribution is 6.01. The van der Waals surface area contributed by atoms with Crippen LogP contribution in [0.4, 0.5) is 0 Å². The first kappa shape index (κ1) is 7.19. The van der Waals surface area contributed by atoms with E-state index >= 15 is 0 Å². The summed E-state index contributed by atoms with van der Waals surface area (Å²) < 4.78 is 0. The van der Waals surface area contributed by atoms with Gasteiger partial charge >= 0.3 is 0 Å². The number of rotatable bonds is 3. The molecule has 0 aromatic rings. The summed E-state index contributed by atoms with van der Waals surface area (Å²) in [4.78, 5) is 0. The number of hydrogen-bond donors (Lipinski definition) is 2. The van der Waals surface area contributed by atoms with Crippen LogP contribution >= 0.6 is 0 Å². The van der Waals surface area contributed by atoms with Gasteiger partial charge in [0.1, 0.15) is 0 Å². The van der Waals surface area contributed by atoms with Gasteiger partial charge in [0.15, 0.2) is 0 Å². The van der Waals surface area contributed by atoms with Crippen LogP contribution in [-0.2, 0) is 0 Å². The Bertz CT molecular complexity index is 187. The van der Waals surface area contributed by atoms with Gasteiger partial charge in [-0.25, -0.2) is 0 Å². The van der Waals surface area contributed by atoms with Gasteiger partial charge in [0, 0.05) is 17.3 Å². The molecule has 54 valence electrons. The smallest absolute Gasteiger partial charge is 0.0345 e. The highest BCUT2D eigenvalue weighted by atomic mass is 14.5. The quantitative estimate of drug-likeness (QED) is 0.557. The standard InChI is InChI=1S/C8H12N2/c1-6(9)2-5-8(10)7-3-4-7/h2,5,7,9-10H,3-4H2,1H3/b5-2-,9-6?,10-8?. The molecule has 1 aliphatic carbocycles. The first-order valence-corrected chi connectivity index (χ1v) is 3.52. The van der Waals surface area contributed by atoms with Crippen molar-refractivity contribution in [1.82, 2.24) is 0 Å². The Balaban J connectivity index is 2.36. The number of allylic oxidation sites excluding steroid dienone is 2. The molecule has 1 aliphatic rings. The fraction of sp³-hybridized carbons (Fsp3) is 0.500. The molecule has 1 fully saturated rings. The molecule has 0 saturated heterocycles. The topological polar surface area (TPSA) is 47.7 Å². The Morgan fingerprint density at radius 2 is 1.90 bits per heavy atom. The van der Waals surface area contributed by atoms with Crippen molar-refractivity contribution in [2.45, 2.75) is 19.8 Å². The summed E-state index contributed by atoms with van der Waals surface area (Å²) in [5, 5.41) is 14.5. The lowest BCUT2D eigenvalue weighted by atomic mass is 10.2. The van der Waals surface area contributed by atoms with E-state index in [0.717, 1.165) is 0 Å². The van der Waals surface area contributed by atoms with Crippen LogP contribution in [-0.4, -0.2) is 11.4 Å². The van der Waals surface area contributed by atoms with Crippen molar-refractivity contribution in [3.8, 4) is 0 Å². The van der Waals surface area contributed by atoms with E-state index < -0.39 is 0 Å². The van der Waals surface area contributed by atoms with E-state index in [-0.39, 0.29) is 0 Å². The molecule has 0 amide bonds. The van der Waals surface area contributed by atoms with Crippen molar-refractivity contribution in [2.24, 2.45) is 5.92 Å². The molecular formula is C8H12N2. The van der Waals surface area contributed by atoms with E-state index in [2.05, 4.69) is 0 Å². The van der Waals surface area contributed by atoms with E-state index in [4.69, 9.17) is 10.8 Å². The lowest BCUT2D eigenvalue weighted by Crippen LogP contribution is -1.93. The Morgan fingerprint density at radius 1 is 1.30 bits per heavy atom. The minimum atomic E-state index is 0.510. The maximum atomic E-state index is 7.42. The Hall–Kier alpha value is -0.920. The summed E-state index contributed by atoms with van der Waals surface area (Å²) in [6.07, 6.45) is 5.75. The molecule has 2 N–H and O–H groups in total. The Kier molecular flexibility index (Phi) is 2.00. The van der Waals surface area contributed by atoms with Crippen molar-refractivity contribution < 1.29 is 0 Å². The summed E-state index contributed by atoms with van der Waals surface area (Å²) in [6, 6.07) is 0. The molecule has 2 heteroatoms. The highest BCUT2D eigenvalue weighted by Gasteiger charge is 2.24. The lowest BCUT2D eigenvalue weighted by Gasteiger charge is -1.89. The second kappa shape index (κ2) is 2.78. The number of nitrogens with one attached hydrogen (secondary N) is 2. The first-order chi connectivity index (χ1) is 4.70. The highest BCUT2D eigenvalue weighted by Crippen LogP contribution is 2.30. The van der Waals surface area contributed by atoms with Crippen molar-refractivity contribution in [1.29, 1.82) is 10.8 Å². The van der Waals surface area contributed by atoms with Crippen LogP contribution in [0.25, 0.3) is 0 Å². The zero-order valence-electron chi connectivity index (χ0n) is 6.15. The van der Waals surface area contributed by atoms with Gasteiger partial charge in [-0.1, -0.05) is 0 Å². The predicted molar refractivity (Wildman–Crippen MR) is 43.0 cm³/mol. The fourth-order valence-electron chi connectivity index (χ4n) is 0.745. The molecule has 2 nitrogen and oxygen atoms in total. The average molecular weight is 136 g/mol. The summed E-state index contributed by atoms with van der Waals surface area (Å²) in [5.74, 6) is 0.510. The van der Waals surface area contributed by atoms with Gasteiger partial charge in [0.25, 0.3) is 0 Å². The van der Waals surface area contributed by atoms with Gasteiger partial charge < -0.3 is 10.8 Å². The zero-order valence-corrected chi connectivity index (χ0v) is 6.15. The largest absolute Gasteiger partial charge is 0.306 e. The maximum Gasteiger partial charge on any atom is 0.0345 e. The van der Waals surface area contributed by atoms with Crippen molar-refractivity contribution in [2.75, 3.05) is 0 Å². The first-order valence-electron chi connectivity index (χ1n) is 3.52. The summed E-state index contributed by atoms with van der Waals surface area (Å²) in [7, 11) is 0. The molecule has 0 radical (unpaired) electrons. The lowest BCUT2D eigenvalue weighted by molar-refractivity contribution is 1.17. The summed E-state index contributed by atoms with van der Waals surface area (Å²) >= 11 is 0. The molecule has 0 bridgehead atoms. The van der Waals surface area contributed by atoms with Gasteiger partial charge in [-0.3, -0.25) is 0 Å². The minimum absolute atomic E-state index is 0.510. The third kappa shape index (κ3) is 2.13. The van der Waals surface area contributed by atoms with E-state index in [1.807, 2.05) is 0 Å². The van der Waals surface area contributed by atoms with E-state index in [9.17, 15) is 0 Å². The van der Waals surface area contributed by atoms with Crippen molar-refractivity contribution in [3.05, 3.63) is 12.2 Å². The monoisotopic (exact) mass is 136 g/mol. The average Bonchev–Trinajstić information content (AvgIpc) is 2.63. The van der Waals surface area contributed by atoms with E-state index in [1.165, 1.54) is 12.8 Å². The van der Waals surface area contributed by atoms with Gasteiger partial charge in [-0.15, -0.1) is 0 Å². The molecule has 1 rings (SSSR count). The van der Waals surface area contributed by atoms with Gasteiger partial charge in [0.2, 0.25) is 0 Å². The SMILES string of the molecule is CC(=N)/C=C\C(=N)C1CC1. The van der Waals surface area contributed by atoms with Crippen LogP contribution in [0.3, 0.4) is 0 Å². The molecule has 0 spiro atoms. The number of hydrogen-bond acceptors (Lipinski definition) is 2. The van der Waals surface area contributed by atoms with Crippen LogP contribution in [0.2, 0.25) is 0 Å². The second-order valence-corrected chi connectivity index (χ2v) is 2.75. The zero-order chi connectivity index (χ0) is 7.56. The molecule has 0 aromatic heterocycles.